The van der Waals surface area contributed by atoms with Crippen molar-refractivity contribution in [2.45, 2.75) is 29.0 Å². The first-order chi connectivity index (χ1) is 11.9. The zero-order valence-electron chi connectivity index (χ0n) is 14.0. The van der Waals surface area contributed by atoms with Crippen LogP contribution in [0.4, 0.5) is 10.8 Å². The SMILES string of the molecule is CCCCNc1nnc(SCC(=O)Nc2cccc(S(C)(=O)=O)c2)s1. The van der Waals surface area contributed by atoms with Crippen LogP contribution in [0.5, 0.6) is 0 Å². The number of unbranched alkanes of at least 4 members (excludes halogenated alkanes) is 1. The van der Waals surface area contributed by atoms with Gasteiger partial charge in [0.25, 0.3) is 0 Å². The van der Waals surface area contributed by atoms with Gasteiger partial charge in [-0.15, -0.1) is 10.2 Å². The number of benzene rings is 1. The molecule has 0 atom stereocenters. The molecule has 1 amide bonds. The van der Waals surface area contributed by atoms with Gasteiger partial charge in [-0.1, -0.05) is 42.5 Å². The van der Waals surface area contributed by atoms with Crippen LogP contribution in [0.2, 0.25) is 0 Å². The molecule has 1 aromatic carbocycles. The number of amides is 1. The van der Waals surface area contributed by atoms with E-state index in [0.717, 1.165) is 30.8 Å². The summed E-state index contributed by atoms with van der Waals surface area (Å²) in [4.78, 5) is 12.2. The lowest BCUT2D eigenvalue weighted by molar-refractivity contribution is -0.113. The van der Waals surface area contributed by atoms with E-state index in [0.29, 0.717) is 10.0 Å². The van der Waals surface area contributed by atoms with Crippen LogP contribution in [0.3, 0.4) is 0 Å². The maximum atomic E-state index is 12.0. The van der Waals surface area contributed by atoms with Crippen LogP contribution in [-0.4, -0.2) is 43.1 Å². The molecule has 2 N–H and O–H groups in total. The molecule has 0 fully saturated rings. The van der Waals surface area contributed by atoms with Gasteiger partial charge in [-0.3, -0.25) is 4.79 Å². The molecule has 136 valence electrons. The van der Waals surface area contributed by atoms with Gasteiger partial charge in [0.05, 0.1) is 10.6 Å². The molecule has 7 nitrogen and oxygen atoms in total. The highest BCUT2D eigenvalue weighted by Crippen LogP contribution is 2.25. The van der Waals surface area contributed by atoms with Crippen molar-refractivity contribution >= 4 is 49.7 Å². The van der Waals surface area contributed by atoms with Gasteiger partial charge < -0.3 is 10.6 Å². The number of thioether (sulfide) groups is 1. The number of aromatic nitrogens is 2. The normalized spacial score (nSPS) is 11.3. The van der Waals surface area contributed by atoms with E-state index < -0.39 is 9.84 Å². The van der Waals surface area contributed by atoms with Crippen molar-refractivity contribution in [1.29, 1.82) is 0 Å². The number of anilines is 2. The minimum Gasteiger partial charge on any atom is -0.360 e. The van der Waals surface area contributed by atoms with Crippen LogP contribution in [-0.2, 0) is 14.6 Å². The highest BCUT2D eigenvalue weighted by Gasteiger charge is 2.11. The number of hydrogen-bond acceptors (Lipinski definition) is 8. The molecule has 0 aliphatic rings. The Bertz CT molecular complexity index is 821. The maximum Gasteiger partial charge on any atom is 0.234 e. The fourth-order valence-electron chi connectivity index (χ4n) is 1.84. The summed E-state index contributed by atoms with van der Waals surface area (Å²) in [6.45, 7) is 2.97. The fraction of sp³-hybridized carbons (Fsp3) is 0.400. The Kier molecular flexibility index (Phi) is 7.21. The maximum absolute atomic E-state index is 12.0. The number of nitrogens with zero attached hydrogens (tertiary/aromatic N) is 2. The van der Waals surface area contributed by atoms with Gasteiger partial charge in [-0.05, 0) is 24.6 Å². The lowest BCUT2D eigenvalue weighted by atomic mass is 10.3. The van der Waals surface area contributed by atoms with Crippen molar-refractivity contribution in [1.82, 2.24) is 10.2 Å². The molecule has 10 heteroatoms. The third kappa shape index (κ3) is 6.63. The van der Waals surface area contributed by atoms with E-state index in [1.54, 1.807) is 12.1 Å². The van der Waals surface area contributed by atoms with Gasteiger partial charge in [0.15, 0.2) is 14.2 Å². The molecule has 0 bridgehead atoms. The van der Waals surface area contributed by atoms with Crippen LogP contribution >= 0.6 is 23.1 Å². The molecule has 1 heterocycles. The highest BCUT2D eigenvalue weighted by molar-refractivity contribution is 8.01. The Balaban J connectivity index is 1.85. The molecule has 0 saturated heterocycles. The van der Waals surface area contributed by atoms with E-state index in [-0.39, 0.29) is 16.6 Å². The van der Waals surface area contributed by atoms with Crippen molar-refractivity contribution in [2.75, 3.05) is 29.2 Å². The van der Waals surface area contributed by atoms with Crippen LogP contribution in [0.1, 0.15) is 19.8 Å². The number of rotatable bonds is 9. The van der Waals surface area contributed by atoms with Gasteiger partial charge in [0.1, 0.15) is 0 Å². The predicted octanol–water partition coefficient (Wildman–Crippen LogP) is 2.88. The van der Waals surface area contributed by atoms with E-state index in [1.807, 2.05) is 0 Å². The fourth-order valence-corrected chi connectivity index (χ4v) is 4.08. The summed E-state index contributed by atoms with van der Waals surface area (Å²) in [5.74, 6) is -0.0569. The zero-order valence-corrected chi connectivity index (χ0v) is 16.4. The second-order valence-electron chi connectivity index (χ2n) is 5.29. The molecule has 0 radical (unpaired) electrons. The van der Waals surface area contributed by atoms with Crippen LogP contribution < -0.4 is 10.6 Å². The second kappa shape index (κ2) is 9.16. The summed E-state index contributed by atoms with van der Waals surface area (Å²) in [6, 6.07) is 6.18. The molecule has 0 spiro atoms. The molecule has 2 aromatic rings. The molecule has 25 heavy (non-hydrogen) atoms. The molecular formula is C15H20N4O3S3. The summed E-state index contributed by atoms with van der Waals surface area (Å²) in [7, 11) is -3.30. The average Bonchev–Trinajstić information content (AvgIpc) is 3.01. The minimum atomic E-state index is -3.30. The lowest BCUT2D eigenvalue weighted by Crippen LogP contribution is -2.14. The first kappa shape index (κ1) is 19.7. The average molecular weight is 401 g/mol. The summed E-state index contributed by atoms with van der Waals surface area (Å²) in [6.07, 6.45) is 3.30. The Labute approximate surface area is 155 Å². The smallest absolute Gasteiger partial charge is 0.234 e. The number of carbonyl (C=O) groups is 1. The van der Waals surface area contributed by atoms with Crippen LogP contribution in [0, 0.1) is 0 Å². The van der Waals surface area contributed by atoms with Crippen LogP contribution in [0.25, 0.3) is 0 Å². The second-order valence-corrected chi connectivity index (χ2v) is 9.51. The first-order valence-electron chi connectivity index (χ1n) is 7.68. The van der Waals surface area contributed by atoms with Gasteiger partial charge in [-0.2, -0.15) is 0 Å². The quantitative estimate of drug-likeness (QED) is 0.493. The van der Waals surface area contributed by atoms with Gasteiger partial charge in [-0.25, -0.2) is 8.42 Å². The van der Waals surface area contributed by atoms with E-state index >= 15 is 0 Å². The van der Waals surface area contributed by atoms with Crippen molar-refractivity contribution < 1.29 is 13.2 Å². The zero-order chi connectivity index (χ0) is 18.3. The number of nitrogens with one attached hydrogen (secondary N) is 2. The third-order valence-corrected chi connectivity index (χ3v) is 6.21. The molecule has 0 aliphatic heterocycles. The molecule has 1 aromatic heterocycles. The first-order valence-corrected chi connectivity index (χ1v) is 11.4. The van der Waals surface area contributed by atoms with Gasteiger partial charge in [0, 0.05) is 18.5 Å². The van der Waals surface area contributed by atoms with Gasteiger partial charge in [0.2, 0.25) is 11.0 Å². The molecule has 0 unspecified atom stereocenters. The van der Waals surface area contributed by atoms with Crippen molar-refractivity contribution in [2.24, 2.45) is 0 Å². The Hall–Kier alpha value is -1.65. The Morgan fingerprint density at radius 3 is 2.84 bits per heavy atom. The summed E-state index contributed by atoms with van der Waals surface area (Å²) < 4.78 is 23.8. The third-order valence-electron chi connectivity index (χ3n) is 3.09. The Morgan fingerprint density at radius 2 is 2.12 bits per heavy atom. The van der Waals surface area contributed by atoms with Crippen LogP contribution in [0.15, 0.2) is 33.5 Å². The molecule has 0 aliphatic carbocycles. The largest absolute Gasteiger partial charge is 0.360 e. The standard InChI is InChI=1S/C15H20N4O3S3/c1-3-4-8-16-14-18-19-15(24-14)23-10-13(20)17-11-6-5-7-12(9-11)25(2,21)22/h5-7,9H,3-4,8,10H2,1-2H3,(H,16,18)(H,17,20). The van der Waals surface area contributed by atoms with Gasteiger partial charge >= 0.3 is 0 Å². The number of sulfone groups is 1. The summed E-state index contributed by atoms with van der Waals surface area (Å²) in [5.41, 5.74) is 0.452. The number of carbonyl (C=O) groups excluding carboxylic acids is 1. The van der Waals surface area contributed by atoms with Crippen molar-refractivity contribution in [3.63, 3.8) is 0 Å². The minimum absolute atomic E-state index is 0.171. The predicted molar refractivity (Wildman–Crippen MR) is 102 cm³/mol. The summed E-state index contributed by atoms with van der Waals surface area (Å²) in [5, 5.41) is 14.7. The molecular weight excluding hydrogens is 380 g/mol. The summed E-state index contributed by atoms with van der Waals surface area (Å²) >= 11 is 2.70. The van der Waals surface area contributed by atoms with E-state index in [4.69, 9.17) is 0 Å². The van der Waals surface area contributed by atoms with E-state index in [2.05, 4.69) is 27.8 Å². The number of hydrogen-bond donors (Lipinski definition) is 2. The lowest BCUT2D eigenvalue weighted by Gasteiger charge is -2.06. The highest BCUT2D eigenvalue weighted by atomic mass is 32.2. The molecule has 2 rings (SSSR count). The van der Waals surface area contributed by atoms with E-state index in [9.17, 15) is 13.2 Å². The van der Waals surface area contributed by atoms with E-state index in [1.165, 1.54) is 35.2 Å². The monoisotopic (exact) mass is 400 g/mol. The topological polar surface area (TPSA) is 101 Å². The van der Waals surface area contributed by atoms with Crippen molar-refractivity contribution in [3.05, 3.63) is 24.3 Å². The Morgan fingerprint density at radius 1 is 1.32 bits per heavy atom. The molecule has 0 saturated carbocycles. The van der Waals surface area contributed by atoms with Crippen molar-refractivity contribution in [3.8, 4) is 0 Å².